The number of nitrogens with zero attached hydrogens (tertiary/aromatic N) is 2. The minimum Gasteiger partial charge on any atom is -0.324 e. The van der Waals surface area contributed by atoms with E-state index in [2.05, 4.69) is 9.55 Å². The van der Waals surface area contributed by atoms with E-state index in [4.69, 9.17) is 11.6 Å². The third-order valence-corrected chi connectivity index (χ3v) is 4.44. The van der Waals surface area contributed by atoms with E-state index in [9.17, 15) is 4.79 Å². The van der Waals surface area contributed by atoms with Gasteiger partial charge >= 0.3 is 0 Å². The molecule has 98 valence electrons. The van der Waals surface area contributed by atoms with E-state index in [0.29, 0.717) is 6.04 Å². The molecule has 3 rings (SSSR count). The van der Waals surface area contributed by atoms with Crippen LogP contribution in [0.25, 0.3) is 0 Å². The number of rotatable bonds is 4. The van der Waals surface area contributed by atoms with Crippen LogP contribution in [0.15, 0.2) is 46.5 Å². The smallest absolute Gasteiger partial charge is 0.273 e. The second kappa shape index (κ2) is 5.39. The Morgan fingerprint density at radius 2 is 2.11 bits per heavy atom. The third kappa shape index (κ3) is 3.01. The fraction of sp³-hybridized carbons (Fsp3) is 0.286. The maximum atomic E-state index is 11.4. The Morgan fingerprint density at radius 3 is 2.84 bits per heavy atom. The van der Waals surface area contributed by atoms with Gasteiger partial charge in [-0.15, -0.1) is 0 Å². The van der Waals surface area contributed by atoms with Crippen molar-refractivity contribution in [3.05, 3.63) is 57.5 Å². The highest BCUT2D eigenvalue weighted by atomic mass is 35.5. The number of benzene rings is 1. The molecule has 0 bridgehead atoms. The molecule has 1 fully saturated rings. The lowest BCUT2D eigenvalue weighted by Gasteiger charge is -2.10. The van der Waals surface area contributed by atoms with Crippen molar-refractivity contribution in [3.8, 4) is 0 Å². The van der Waals surface area contributed by atoms with Gasteiger partial charge in [0.1, 0.15) is 0 Å². The van der Waals surface area contributed by atoms with Crippen molar-refractivity contribution in [2.75, 3.05) is 0 Å². The molecule has 2 aromatic rings. The maximum absolute atomic E-state index is 11.4. The predicted octanol–water partition coefficient (Wildman–Crippen LogP) is 3.52. The van der Waals surface area contributed by atoms with E-state index in [1.165, 1.54) is 18.9 Å². The molecule has 1 heterocycles. The number of thioether (sulfide) groups is 1. The van der Waals surface area contributed by atoms with Crippen molar-refractivity contribution in [2.24, 2.45) is 0 Å². The van der Waals surface area contributed by atoms with Crippen LogP contribution in [0.3, 0.4) is 0 Å². The molecule has 0 N–H and O–H groups in total. The summed E-state index contributed by atoms with van der Waals surface area (Å²) >= 11 is 7.70. The van der Waals surface area contributed by atoms with E-state index >= 15 is 0 Å². The SMILES string of the molecule is O=c1ccn(C2CC2)c(SCc2ccccc2Cl)n1. The van der Waals surface area contributed by atoms with E-state index < -0.39 is 0 Å². The Labute approximate surface area is 120 Å². The summed E-state index contributed by atoms with van der Waals surface area (Å²) in [5.74, 6) is 0.725. The first-order chi connectivity index (χ1) is 9.24. The predicted molar refractivity (Wildman–Crippen MR) is 77.8 cm³/mol. The van der Waals surface area contributed by atoms with Crippen molar-refractivity contribution in [2.45, 2.75) is 29.8 Å². The molecule has 0 aliphatic heterocycles. The summed E-state index contributed by atoms with van der Waals surface area (Å²) in [7, 11) is 0. The highest BCUT2D eigenvalue weighted by molar-refractivity contribution is 7.98. The molecule has 0 atom stereocenters. The second-order valence-corrected chi connectivity index (χ2v) is 5.92. The summed E-state index contributed by atoms with van der Waals surface area (Å²) in [5, 5.41) is 1.54. The van der Waals surface area contributed by atoms with Crippen LogP contribution in [0, 0.1) is 0 Å². The number of hydrogen-bond donors (Lipinski definition) is 0. The van der Waals surface area contributed by atoms with Crippen LogP contribution >= 0.6 is 23.4 Å². The molecule has 0 saturated heterocycles. The molecule has 0 spiro atoms. The van der Waals surface area contributed by atoms with Crippen LogP contribution in [0.1, 0.15) is 24.4 Å². The van der Waals surface area contributed by atoms with E-state index in [-0.39, 0.29) is 5.56 Å². The van der Waals surface area contributed by atoms with Gasteiger partial charge in [0.15, 0.2) is 5.16 Å². The van der Waals surface area contributed by atoms with Gasteiger partial charge in [-0.1, -0.05) is 41.6 Å². The molecule has 19 heavy (non-hydrogen) atoms. The van der Waals surface area contributed by atoms with E-state index in [1.54, 1.807) is 11.8 Å². The first-order valence-electron chi connectivity index (χ1n) is 6.19. The average molecular weight is 293 g/mol. The molecular formula is C14H13ClN2OS. The Bertz CT molecular complexity index is 652. The first kappa shape index (κ1) is 12.8. The van der Waals surface area contributed by atoms with Gasteiger partial charge < -0.3 is 4.57 Å². The van der Waals surface area contributed by atoms with Crippen LogP contribution in [-0.4, -0.2) is 9.55 Å². The Balaban J connectivity index is 1.81. The maximum Gasteiger partial charge on any atom is 0.273 e. The number of aromatic nitrogens is 2. The Hall–Kier alpha value is -1.26. The van der Waals surface area contributed by atoms with Gasteiger partial charge in [-0.25, -0.2) is 0 Å². The molecule has 0 radical (unpaired) electrons. The highest BCUT2D eigenvalue weighted by Gasteiger charge is 2.25. The molecule has 0 amide bonds. The largest absolute Gasteiger partial charge is 0.324 e. The van der Waals surface area contributed by atoms with Gasteiger partial charge in [-0.05, 0) is 24.5 Å². The Kier molecular flexibility index (Phi) is 3.62. The van der Waals surface area contributed by atoms with Crippen molar-refractivity contribution >= 4 is 23.4 Å². The summed E-state index contributed by atoms with van der Waals surface area (Å²) in [5.41, 5.74) is 0.883. The van der Waals surface area contributed by atoms with Crippen LogP contribution < -0.4 is 5.56 Å². The third-order valence-electron chi connectivity index (χ3n) is 3.06. The van der Waals surface area contributed by atoms with Gasteiger partial charge in [0.25, 0.3) is 5.56 Å². The van der Waals surface area contributed by atoms with E-state index in [1.807, 2.05) is 30.5 Å². The zero-order valence-electron chi connectivity index (χ0n) is 10.3. The minimum atomic E-state index is -0.182. The van der Waals surface area contributed by atoms with Crippen molar-refractivity contribution in [1.29, 1.82) is 0 Å². The lowest BCUT2D eigenvalue weighted by Crippen LogP contribution is -2.12. The molecule has 0 unspecified atom stereocenters. The zero-order valence-corrected chi connectivity index (χ0v) is 11.8. The fourth-order valence-electron chi connectivity index (χ4n) is 1.89. The van der Waals surface area contributed by atoms with Crippen molar-refractivity contribution in [3.63, 3.8) is 0 Å². The van der Waals surface area contributed by atoms with Gasteiger partial charge in [-0.3, -0.25) is 4.79 Å². The monoisotopic (exact) mass is 292 g/mol. The molecule has 1 saturated carbocycles. The van der Waals surface area contributed by atoms with Gasteiger partial charge in [0.2, 0.25) is 0 Å². The summed E-state index contributed by atoms with van der Waals surface area (Å²) in [6, 6.07) is 9.80. The highest BCUT2D eigenvalue weighted by Crippen LogP contribution is 2.37. The van der Waals surface area contributed by atoms with Crippen LogP contribution in [0.2, 0.25) is 5.02 Å². The fourth-order valence-corrected chi connectivity index (χ4v) is 3.22. The molecule has 1 aliphatic rings. The standard InChI is InChI=1S/C14H13ClN2OS/c15-12-4-2-1-3-10(12)9-19-14-16-13(18)7-8-17(14)11-5-6-11/h1-4,7-8,11H,5-6,9H2. The van der Waals surface area contributed by atoms with Crippen LogP contribution in [0.5, 0.6) is 0 Å². The first-order valence-corrected chi connectivity index (χ1v) is 7.56. The summed E-state index contributed by atoms with van der Waals surface area (Å²) < 4.78 is 2.10. The van der Waals surface area contributed by atoms with Gasteiger partial charge in [0, 0.05) is 29.1 Å². The molecule has 5 heteroatoms. The van der Waals surface area contributed by atoms with Crippen LogP contribution in [0.4, 0.5) is 0 Å². The zero-order chi connectivity index (χ0) is 13.2. The summed E-state index contributed by atoms with van der Waals surface area (Å²) in [4.78, 5) is 15.5. The van der Waals surface area contributed by atoms with Crippen molar-refractivity contribution in [1.82, 2.24) is 9.55 Å². The quantitative estimate of drug-likeness (QED) is 0.639. The molecular weight excluding hydrogens is 280 g/mol. The van der Waals surface area contributed by atoms with Crippen molar-refractivity contribution < 1.29 is 0 Å². The number of hydrogen-bond acceptors (Lipinski definition) is 3. The molecule has 1 aromatic heterocycles. The van der Waals surface area contributed by atoms with Gasteiger partial charge in [0.05, 0.1) is 0 Å². The number of halogens is 1. The minimum absolute atomic E-state index is 0.182. The second-order valence-electron chi connectivity index (χ2n) is 4.57. The average Bonchev–Trinajstić information content (AvgIpc) is 3.22. The lowest BCUT2D eigenvalue weighted by molar-refractivity contribution is 0.624. The molecule has 1 aromatic carbocycles. The normalized spacial score (nSPS) is 14.6. The van der Waals surface area contributed by atoms with E-state index in [0.717, 1.165) is 21.5 Å². The van der Waals surface area contributed by atoms with Crippen LogP contribution in [-0.2, 0) is 5.75 Å². The lowest BCUT2D eigenvalue weighted by atomic mass is 10.2. The topological polar surface area (TPSA) is 34.9 Å². The summed E-state index contributed by atoms with van der Waals surface area (Å²) in [6.45, 7) is 0. The molecule has 1 aliphatic carbocycles. The summed E-state index contributed by atoms with van der Waals surface area (Å²) in [6.07, 6.45) is 4.19. The van der Waals surface area contributed by atoms with Gasteiger partial charge in [-0.2, -0.15) is 4.98 Å². The Morgan fingerprint density at radius 1 is 1.32 bits per heavy atom. The molecule has 3 nitrogen and oxygen atoms in total.